The summed E-state index contributed by atoms with van der Waals surface area (Å²) in [5.41, 5.74) is 0. The molecule has 0 bridgehead atoms. The SMILES string of the molecule is CCCCCCCC/C=C\CCCCCCCCOC(=O)C(CCCCCC/C=C\CCCCCCCC)CCCCCCCC/C=C\CCCCCCCCO. The Morgan fingerprint density at radius 1 is 0.368 bits per heavy atom. The summed E-state index contributed by atoms with van der Waals surface area (Å²) in [6.07, 6.45) is 67.8. The molecule has 0 saturated heterocycles. The van der Waals surface area contributed by atoms with E-state index < -0.39 is 0 Å². The minimum Gasteiger partial charge on any atom is -0.465 e. The molecule has 0 rings (SSSR count). The molecule has 1 atom stereocenters. The molecule has 0 aromatic heterocycles. The Hall–Kier alpha value is -1.35. The number of hydrogen-bond donors (Lipinski definition) is 1. The first-order chi connectivity index (χ1) is 28.3. The molecule has 0 radical (unpaired) electrons. The molecule has 1 unspecified atom stereocenters. The van der Waals surface area contributed by atoms with Gasteiger partial charge in [-0.3, -0.25) is 4.79 Å². The first-order valence-corrected chi connectivity index (χ1v) is 26.0. The number of unbranched alkanes of at least 4 members (excludes halogenated alkanes) is 34. The van der Waals surface area contributed by atoms with Crippen LogP contribution in [-0.4, -0.2) is 24.3 Å². The number of esters is 1. The van der Waals surface area contributed by atoms with Gasteiger partial charge in [0.2, 0.25) is 0 Å². The highest BCUT2D eigenvalue weighted by Crippen LogP contribution is 2.22. The zero-order chi connectivity index (χ0) is 41.2. The van der Waals surface area contributed by atoms with Crippen molar-refractivity contribution >= 4 is 5.97 Å². The van der Waals surface area contributed by atoms with Crippen LogP contribution in [0.15, 0.2) is 36.5 Å². The first kappa shape index (κ1) is 55.7. The Morgan fingerprint density at radius 2 is 0.632 bits per heavy atom. The highest BCUT2D eigenvalue weighted by atomic mass is 16.5. The third kappa shape index (κ3) is 47.2. The van der Waals surface area contributed by atoms with Crippen molar-refractivity contribution in [2.24, 2.45) is 5.92 Å². The van der Waals surface area contributed by atoms with Gasteiger partial charge in [0.05, 0.1) is 12.5 Å². The van der Waals surface area contributed by atoms with Crippen LogP contribution in [0.2, 0.25) is 0 Å². The lowest BCUT2D eigenvalue weighted by Crippen LogP contribution is -2.18. The van der Waals surface area contributed by atoms with Gasteiger partial charge in [0.1, 0.15) is 0 Å². The Morgan fingerprint density at radius 3 is 0.947 bits per heavy atom. The molecule has 3 heteroatoms. The summed E-state index contributed by atoms with van der Waals surface area (Å²) in [6, 6.07) is 0. The predicted octanol–water partition coefficient (Wildman–Crippen LogP) is 18.2. The molecule has 0 aliphatic heterocycles. The van der Waals surface area contributed by atoms with E-state index in [4.69, 9.17) is 9.84 Å². The molecule has 0 amide bonds. The minimum atomic E-state index is 0.0915. The van der Waals surface area contributed by atoms with Gasteiger partial charge in [-0.25, -0.2) is 0 Å². The van der Waals surface area contributed by atoms with Gasteiger partial charge in [-0.05, 0) is 103 Å². The van der Waals surface area contributed by atoms with Crippen molar-refractivity contribution in [3.63, 3.8) is 0 Å². The lowest BCUT2D eigenvalue weighted by molar-refractivity contribution is -0.149. The predicted molar refractivity (Wildman–Crippen MR) is 254 cm³/mol. The number of carbonyl (C=O) groups is 1. The summed E-state index contributed by atoms with van der Waals surface area (Å²) in [5, 5.41) is 8.87. The molecule has 0 aromatic carbocycles. The van der Waals surface area contributed by atoms with Crippen LogP contribution in [0.3, 0.4) is 0 Å². The van der Waals surface area contributed by atoms with Gasteiger partial charge in [-0.15, -0.1) is 0 Å². The van der Waals surface area contributed by atoms with Gasteiger partial charge in [0, 0.05) is 6.61 Å². The van der Waals surface area contributed by atoms with Gasteiger partial charge in [-0.1, -0.05) is 217 Å². The van der Waals surface area contributed by atoms with Crippen LogP contribution in [0.1, 0.15) is 284 Å². The summed E-state index contributed by atoms with van der Waals surface area (Å²) < 4.78 is 5.90. The molecule has 0 spiro atoms. The highest BCUT2D eigenvalue weighted by Gasteiger charge is 2.19. The van der Waals surface area contributed by atoms with Crippen molar-refractivity contribution in [1.82, 2.24) is 0 Å². The average molecular weight is 799 g/mol. The molecule has 0 heterocycles. The summed E-state index contributed by atoms with van der Waals surface area (Å²) in [4.78, 5) is 13.2. The number of rotatable bonds is 48. The van der Waals surface area contributed by atoms with Crippen molar-refractivity contribution in [1.29, 1.82) is 0 Å². The maximum absolute atomic E-state index is 13.2. The van der Waals surface area contributed by atoms with E-state index in [1.54, 1.807) is 0 Å². The minimum absolute atomic E-state index is 0.0915. The fourth-order valence-electron chi connectivity index (χ4n) is 7.98. The van der Waals surface area contributed by atoms with Crippen molar-refractivity contribution in [2.45, 2.75) is 284 Å². The molecular weight excluding hydrogens is 697 g/mol. The fourth-order valence-corrected chi connectivity index (χ4v) is 7.98. The molecule has 0 aromatic rings. The zero-order valence-electron chi connectivity index (χ0n) is 38.9. The second-order valence-electron chi connectivity index (χ2n) is 17.6. The van der Waals surface area contributed by atoms with E-state index in [0.717, 1.165) is 38.5 Å². The third-order valence-corrected chi connectivity index (χ3v) is 11.9. The molecule has 0 saturated carbocycles. The Bertz CT molecular complexity index is 844. The maximum atomic E-state index is 13.2. The number of allylic oxidation sites excluding steroid dienone is 6. The van der Waals surface area contributed by atoms with Gasteiger partial charge < -0.3 is 9.84 Å². The van der Waals surface area contributed by atoms with Crippen LogP contribution in [0.5, 0.6) is 0 Å². The lowest BCUT2D eigenvalue weighted by atomic mass is 9.94. The van der Waals surface area contributed by atoms with Crippen LogP contribution >= 0.6 is 0 Å². The topological polar surface area (TPSA) is 46.5 Å². The van der Waals surface area contributed by atoms with E-state index >= 15 is 0 Å². The highest BCUT2D eigenvalue weighted by molar-refractivity contribution is 5.72. The molecule has 0 aliphatic rings. The van der Waals surface area contributed by atoms with Gasteiger partial charge >= 0.3 is 5.97 Å². The third-order valence-electron chi connectivity index (χ3n) is 11.9. The normalized spacial score (nSPS) is 12.5. The van der Waals surface area contributed by atoms with Crippen molar-refractivity contribution in [2.75, 3.05) is 13.2 Å². The number of carbonyl (C=O) groups excluding carboxylic acids is 1. The van der Waals surface area contributed by atoms with Crippen LogP contribution in [-0.2, 0) is 9.53 Å². The maximum Gasteiger partial charge on any atom is 0.308 e. The second-order valence-corrected chi connectivity index (χ2v) is 17.6. The standard InChI is InChI=1S/C54H102O3/c1-3-5-7-9-11-13-15-17-19-24-28-32-36-40-44-48-52-57-54(56)53(49-45-41-37-33-29-25-18-16-14-12-10-8-6-4-2)50-46-42-38-34-30-26-22-20-21-23-27-31-35-39-43-47-51-55/h17-21,25,53,55H,3-16,22-24,26-52H2,1-2H3/b19-17-,21-20-,25-18-. The van der Waals surface area contributed by atoms with Gasteiger partial charge in [-0.2, -0.15) is 0 Å². The Labute approximate surface area is 358 Å². The van der Waals surface area contributed by atoms with Crippen LogP contribution < -0.4 is 0 Å². The largest absolute Gasteiger partial charge is 0.465 e. The molecule has 0 fully saturated rings. The van der Waals surface area contributed by atoms with E-state index in [0.29, 0.717) is 13.2 Å². The molecule has 336 valence electrons. The number of hydrogen-bond acceptors (Lipinski definition) is 3. The van der Waals surface area contributed by atoms with Crippen LogP contribution in [0, 0.1) is 5.92 Å². The smallest absolute Gasteiger partial charge is 0.308 e. The number of aliphatic hydroxyl groups is 1. The fraction of sp³-hybridized carbons (Fsp3) is 0.870. The van der Waals surface area contributed by atoms with Crippen LogP contribution in [0.4, 0.5) is 0 Å². The zero-order valence-corrected chi connectivity index (χ0v) is 38.9. The van der Waals surface area contributed by atoms with Crippen molar-refractivity contribution in [3.05, 3.63) is 36.5 Å². The number of ether oxygens (including phenoxy) is 1. The van der Waals surface area contributed by atoms with Crippen molar-refractivity contribution < 1.29 is 14.6 Å². The van der Waals surface area contributed by atoms with E-state index in [1.807, 2.05) is 0 Å². The van der Waals surface area contributed by atoms with E-state index in [1.165, 1.54) is 231 Å². The molecule has 1 N–H and O–H groups in total. The first-order valence-electron chi connectivity index (χ1n) is 26.0. The van der Waals surface area contributed by atoms with Gasteiger partial charge in [0.15, 0.2) is 0 Å². The molecule has 57 heavy (non-hydrogen) atoms. The van der Waals surface area contributed by atoms with Crippen LogP contribution in [0.25, 0.3) is 0 Å². The summed E-state index contributed by atoms with van der Waals surface area (Å²) in [5.74, 6) is 0.191. The Kier molecular flexibility index (Phi) is 49.6. The Balaban J connectivity index is 4.17. The lowest BCUT2D eigenvalue weighted by Gasteiger charge is -2.16. The molecule has 0 aliphatic carbocycles. The van der Waals surface area contributed by atoms with Crippen molar-refractivity contribution in [3.8, 4) is 0 Å². The van der Waals surface area contributed by atoms with E-state index in [-0.39, 0.29) is 11.9 Å². The monoisotopic (exact) mass is 799 g/mol. The molecular formula is C54H102O3. The summed E-state index contributed by atoms with van der Waals surface area (Å²) in [7, 11) is 0. The van der Waals surface area contributed by atoms with E-state index in [9.17, 15) is 4.79 Å². The molecule has 3 nitrogen and oxygen atoms in total. The van der Waals surface area contributed by atoms with E-state index in [2.05, 4.69) is 50.3 Å². The summed E-state index contributed by atoms with van der Waals surface area (Å²) in [6.45, 7) is 5.53. The number of aliphatic hydroxyl groups excluding tert-OH is 1. The summed E-state index contributed by atoms with van der Waals surface area (Å²) >= 11 is 0. The average Bonchev–Trinajstić information content (AvgIpc) is 3.22. The quantitative estimate of drug-likeness (QED) is 0.0379. The van der Waals surface area contributed by atoms with Gasteiger partial charge in [0.25, 0.3) is 0 Å². The second kappa shape index (κ2) is 50.8.